The minimum absolute atomic E-state index is 0.284. The quantitative estimate of drug-likeness (QED) is 0.874. The lowest BCUT2D eigenvalue weighted by atomic mass is 10.0. The summed E-state index contributed by atoms with van der Waals surface area (Å²) in [5.41, 5.74) is 1.30. The van der Waals surface area contributed by atoms with Crippen molar-refractivity contribution in [2.75, 3.05) is 53.4 Å². The summed E-state index contributed by atoms with van der Waals surface area (Å²) in [6, 6.07) is 15.4. The Labute approximate surface area is 151 Å². The Morgan fingerprint density at radius 2 is 1.72 bits per heavy atom. The van der Waals surface area contributed by atoms with Crippen LogP contribution < -0.4 is 0 Å². The molecule has 1 N–H and O–H groups in total. The van der Waals surface area contributed by atoms with E-state index in [0.717, 1.165) is 32.7 Å². The van der Waals surface area contributed by atoms with Gasteiger partial charge in [0.25, 0.3) is 0 Å². The van der Waals surface area contributed by atoms with E-state index in [1.807, 2.05) is 0 Å². The summed E-state index contributed by atoms with van der Waals surface area (Å²) >= 11 is 0. The smallest absolute Gasteiger partial charge is 0.0793 e. The number of nitrogens with zero attached hydrogens (tertiary/aromatic N) is 3. The maximum atomic E-state index is 10.5. The Kier molecular flexibility index (Phi) is 6.07. The van der Waals surface area contributed by atoms with E-state index in [-0.39, 0.29) is 12.1 Å². The van der Waals surface area contributed by atoms with Crippen LogP contribution >= 0.6 is 0 Å². The molecule has 2 atom stereocenters. The van der Waals surface area contributed by atoms with Crippen LogP contribution in [0.4, 0.5) is 0 Å². The summed E-state index contributed by atoms with van der Waals surface area (Å²) in [6.45, 7) is 7.97. The Morgan fingerprint density at radius 3 is 2.44 bits per heavy atom. The van der Waals surface area contributed by atoms with Crippen LogP contribution in [0, 0.1) is 0 Å². The van der Waals surface area contributed by atoms with E-state index in [1.54, 1.807) is 0 Å². The number of β-amino-alcohol motifs (C(OH)–C–C–N with tert-alkyl or cyclic N) is 1. The average molecular weight is 341 g/mol. The lowest BCUT2D eigenvalue weighted by Crippen LogP contribution is -2.48. The Bertz CT molecular complexity index is 682. The van der Waals surface area contributed by atoms with Crippen molar-refractivity contribution in [2.45, 2.75) is 19.1 Å². The van der Waals surface area contributed by atoms with Gasteiger partial charge < -0.3 is 10.0 Å². The van der Waals surface area contributed by atoms with E-state index in [1.165, 1.54) is 16.3 Å². The zero-order valence-electron chi connectivity index (χ0n) is 15.7. The molecule has 0 amide bonds. The molecule has 1 saturated heterocycles. The number of benzene rings is 2. The van der Waals surface area contributed by atoms with Crippen molar-refractivity contribution >= 4 is 10.8 Å². The molecule has 0 aromatic heterocycles. The van der Waals surface area contributed by atoms with Gasteiger partial charge in [0.2, 0.25) is 0 Å². The van der Waals surface area contributed by atoms with Crippen molar-refractivity contribution in [2.24, 2.45) is 0 Å². The fourth-order valence-corrected chi connectivity index (χ4v) is 3.60. The van der Waals surface area contributed by atoms with Crippen molar-refractivity contribution in [3.63, 3.8) is 0 Å². The van der Waals surface area contributed by atoms with E-state index in [4.69, 9.17) is 0 Å². The largest absolute Gasteiger partial charge is 0.390 e. The first kappa shape index (κ1) is 18.3. The van der Waals surface area contributed by atoms with Crippen LogP contribution in [0.2, 0.25) is 0 Å². The topological polar surface area (TPSA) is 30.0 Å². The minimum Gasteiger partial charge on any atom is -0.390 e. The van der Waals surface area contributed by atoms with Gasteiger partial charge in [-0.1, -0.05) is 36.4 Å². The molecule has 0 radical (unpaired) electrons. The van der Waals surface area contributed by atoms with Gasteiger partial charge in [-0.2, -0.15) is 0 Å². The number of aliphatic hydroxyl groups is 1. The maximum Gasteiger partial charge on any atom is 0.0793 e. The third-order valence-corrected chi connectivity index (χ3v) is 5.48. The maximum absolute atomic E-state index is 10.5. The molecule has 3 rings (SSSR count). The SMILES string of the molecule is CC(c1ccc2ccccc2c1)N(C)CC(O)CN1CCN(C)CC1. The molecule has 0 saturated carbocycles. The number of fused-ring (bicyclic) bond motifs is 1. The van der Waals surface area contributed by atoms with E-state index < -0.39 is 0 Å². The predicted octanol–water partition coefficient (Wildman–Crippen LogP) is 2.44. The fourth-order valence-electron chi connectivity index (χ4n) is 3.60. The highest BCUT2D eigenvalue weighted by molar-refractivity contribution is 5.83. The van der Waals surface area contributed by atoms with Crippen molar-refractivity contribution in [1.82, 2.24) is 14.7 Å². The van der Waals surface area contributed by atoms with Gasteiger partial charge >= 0.3 is 0 Å². The number of hydrogen-bond acceptors (Lipinski definition) is 4. The van der Waals surface area contributed by atoms with Gasteiger partial charge in [-0.3, -0.25) is 9.80 Å². The Morgan fingerprint density at radius 1 is 1.04 bits per heavy atom. The number of piperazine rings is 1. The van der Waals surface area contributed by atoms with E-state index in [9.17, 15) is 5.11 Å². The van der Waals surface area contributed by atoms with Crippen LogP contribution in [-0.4, -0.2) is 79.3 Å². The number of hydrogen-bond donors (Lipinski definition) is 1. The van der Waals surface area contributed by atoms with Gasteiger partial charge in [-0.15, -0.1) is 0 Å². The molecule has 2 unspecified atom stereocenters. The molecule has 1 aliphatic rings. The number of likely N-dealkylation sites (N-methyl/N-ethyl adjacent to an activating group) is 2. The molecule has 0 bridgehead atoms. The van der Waals surface area contributed by atoms with Crippen molar-refractivity contribution < 1.29 is 5.11 Å². The van der Waals surface area contributed by atoms with Crippen molar-refractivity contribution in [3.05, 3.63) is 48.0 Å². The second-order valence-corrected chi connectivity index (χ2v) is 7.48. The first-order chi connectivity index (χ1) is 12.0. The van der Waals surface area contributed by atoms with Gasteiger partial charge in [0.15, 0.2) is 0 Å². The molecular weight excluding hydrogens is 310 g/mol. The number of rotatable bonds is 6. The highest BCUT2D eigenvalue weighted by Gasteiger charge is 2.20. The lowest BCUT2D eigenvalue weighted by Gasteiger charge is -2.35. The predicted molar refractivity (Wildman–Crippen MR) is 105 cm³/mol. The van der Waals surface area contributed by atoms with Gasteiger partial charge in [0.1, 0.15) is 0 Å². The standard InChI is InChI=1S/C21H31N3O/c1-17(19-9-8-18-6-4-5-7-20(18)14-19)23(3)15-21(25)16-24-12-10-22(2)11-13-24/h4-9,14,17,21,25H,10-13,15-16H2,1-3H3. The average Bonchev–Trinajstić information content (AvgIpc) is 2.62. The minimum atomic E-state index is -0.309. The third-order valence-electron chi connectivity index (χ3n) is 5.48. The summed E-state index contributed by atoms with van der Waals surface area (Å²) in [5, 5.41) is 13.1. The highest BCUT2D eigenvalue weighted by Crippen LogP contribution is 2.23. The van der Waals surface area contributed by atoms with E-state index in [2.05, 4.69) is 78.2 Å². The van der Waals surface area contributed by atoms with Gasteiger partial charge in [-0.05, 0) is 43.4 Å². The molecule has 4 heteroatoms. The van der Waals surface area contributed by atoms with Crippen LogP contribution in [0.5, 0.6) is 0 Å². The molecule has 1 heterocycles. The first-order valence-electron chi connectivity index (χ1n) is 9.31. The van der Waals surface area contributed by atoms with Crippen LogP contribution in [0.1, 0.15) is 18.5 Å². The zero-order chi connectivity index (χ0) is 17.8. The van der Waals surface area contributed by atoms with Crippen LogP contribution in [-0.2, 0) is 0 Å². The number of aliphatic hydroxyl groups excluding tert-OH is 1. The van der Waals surface area contributed by atoms with E-state index in [0.29, 0.717) is 6.54 Å². The summed E-state index contributed by atoms with van der Waals surface area (Å²) in [7, 11) is 4.26. The van der Waals surface area contributed by atoms with Crippen LogP contribution in [0.25, 0.3) is 10.8 Å². The summed E-state index contributed by atoms with van der Waals surface area (Å²) < 4.78 is 0. The lowest BCUT2D eigenvalue weighted by molar-refractivity contribution is 0.0530. The normalized spacial score (nSPS) is 19.4. The fraction of sp³-hybridized carbons (Fsp3) is 0.524. The molecular formula is C21H31N3O. The molecule has 25 heavy (non-hydrogen) atoms. The van der Waals surface area contributed by atoms with Crippen molar-refractivity contribution in [1.29, 1.82) is 0 Å². The first-order valence-corrected chi connectivity index (χ1v) is 9.31. The van der Waals surface area contributed by atoms with Crippen LogP contribution in [0.3, 0.4) is 0 Å². The molecule has 2 aromatic carbocycles. The molecule has 0 aliphatic carbocycles. The summed E-state index contributed by atoms with van der Waals surface area (Å²) in [5.74, 6) is 0. The highest BCUT2D eigenvalue weighted by atomic mass is 16.3. The van der Waals surface area contributed by atoms with Crippen LogP contribution in [0.15, 0.2) is 42.5 Å². The molecule has 2 aromatic rings. The molecule has 1 fully saturated rings. The van der Waals surface area contributed by atoms with E-state index >= 15 is 0 Å². The van der Waals surface area contributed by atoms with Crippen molar-refractivity contribution in [3.8, 4) is 0 Å². The second kappa shape index (κ2) is 8.28. The Balaban J connectivity index is 1.56. The molecule has 136 valence electrons. The van der Waals surface area contributed by atoms with Gasteiger partial charge in [-0.25, -0.2) is 0 Å². The Hall–Kier alpha value is -1.46. The molecule has 4 nitrogen and oxygen atoms in total. The second-order valence-electron chi connectivity index (χ2n) is 7.48. The third kappa shape index (κ3) is 4.79. The summed E-state index contributed by atoms with van der Waals surface area (Å²) in [6.07, 6.45) is -0.309. The molecule has 1 aliphatic heterocycles. The monoisotopic (exact) mass is 341 g/mol. The van der Waals surface area contributed by atoms with Gasteiger partial charge in [0.05, 0.1) is 6.10 Å². The molecule has 0 spiro atoms. The zero-order valence-corrected chi connectivity index (χ0v) is 15.7. The summed E-state index contributed by atoms with van der Waals surface area (Å²) in [4.78, 5) is 6.97. The van der Waals surface area contributed by atoms with Gasteiger partial charge in [0, 0.05) is 45.3 Å².